The van der Waals surface area contributed by atoms with Gasteiger partial charge in [0.15, 0.2) is 0 Å². The average molecular weight is 277 g/mol. The van der Waals surface area contributed by atoms with E-state index >= 15 is 0 Å². The van der Waals surface area contributed by atoms with Crippen molar-refractivity contribution in [2.75, 3.05) is 0 Å². The van der Waals surface area contributed by atoms with Gasteiger partial charge in [-0.25, -0.2) is 0 Å². The van der Waals surface area contributed by atoms with Crippen LogP contribution < -0.4 is 5.73 Å². The standard InChI is InChI=1S/C15H23N3O2/c1-10-4-6-15(16,7-5-10)8-13-12(3)14(18(19)20)11(2)9-17-13/h9-10H,4-8,16H2,1-3H3. The molecule has 0 saturated heterocycles. The molecule has 5 heteroatoms. The molecule has 1 fully saturated rings. The maximum atomic E-state index is 11.2. The molecule has 20 heavy (non-hydrogen) atoms. The fraction of sp³-hybridized carbons (Fsp3) is 0.667. The summed E-state index contributed by atoms with van der Waals surface area (Å²) in [6, 6.07) is 0. The van der Waals surface area contributed by atoms with Gasteiger partial charge in [0.05, 0.1) is 10.6 Å². The summed E-state index contributed by atoms with van der Waals surface area (Å²) in [4.78, 5) is 15.2. The minimum atomic E-state index is -0.317. The monoisotopic (exact) mass is 277 g/mol. The fourth-order valence-electron chi connectivity index (χ4n) is 3.07. The molecule has 0 bridgehead atoms. The highest BCUT2D eigenvalue weighted by Crippen LogP contribution is 2.34. The molecule has 1 heterocycles. The Morgan fingerprint density at radius 3 is 2.60 bits per heavy atom. The Balaban J connectivity index is 2.26. The van der Waals surface area contributed by atoms with E-state index in [-0.39, 0.29) is 16.1 Å². The zero-order valence-electron chi connectivity index (χ0n) is 12.5. The molecule has 110 valence electrons. The van der Waals surface area contributed by atoms with Crippen molar-refractivity contribution in [3.63, 3.8) is 0 Å². The quantitative estimate of drug-likeness (QED) is 0.680. The summed E-state index contributed by atoms with van der Waals surface area (Å²) in [5, 5.41) is 11.2. The smallest absolute Gasteiger partial charge is 0.278 e. The Kier molecular flexibility index (Phi) is 4.09. The Hall–Kier alpha value is -1.49. The summed E-state index contributed by atoms with van der Waals surface area (Å²) in [5.74, 6) is 0.730. The van der Waals surface area contributed by atoms with Crippen molar-refractivity contribution in [1.29, 1.82) is 0 Å². The Labute approximate surface area is 119 Å². The number of nitro groups is 1. The molecule has 1 aliphatic rings. The first-order valence-corrected chi connectivity index (χ1v) is 7.21. The van der Waals surface area contributed by atoms with E-state index in [4.69, 9.17) is 5.73 Å². The van der Waals surface area contributed by atoms with E-state index in [9.17, 15) is 10.1 Å². The van der Waals surface area contributed by atoms with Gasteiger partial charge in [0, 0.05) is 29.3 Å². The minimum Gasteiger partial charge on any atom is -0.325 e. The topological polar surface area (TPSA) is 82.0 Å². The fourth-order valence-corrected chi connectivity index (χ4v) is 3.07. The lowest BCUT2D eigenvalue weighted by atomic mass is 9.75. The van der Waals surface area contributed by atoms with Gasteiger partial charge < -0.3 is 5.73 Å². The zero-order chi connectivity index (χ0) is 14.9. The van der Waals surface area contributed by atoms with Crippen LogP contribution in [0.25, 0.3) is 0 Å². The van der Waals surface area contributed by atoms with Crippen molar-refractivity contribution in [2.45, 2.75) is 58.4 Å². The van der Waals surface area contributed by atoms with Crippen molar-refractivity contribution in [1.82, 2.24) is 4.98 Å². The number of aromatic nitrogens is 1. The van der Waals surface area contributed by atoms with Gasteiger partial charge >= 0.3 is 0 Å². The number of rotatable bonds is 3. The van der Waals surface area contributed by atoms with Crippen LogP contribution >= 0.6 is 0 Å². The second-order valence-electron chi connectivity index (χ2n) is 6.34. The second-order valence-corrected chi connectivity index (χ2v) is 6.34. The lowest BCUT2D eigenvalue weighted by Gasteiger charge is -2.36. The molecular weight excluding hydrogens is 254 g/mol. The van der Waals surface area contributed by atoms with E-state index < -0.39 is 0 Å². The van der Waals surface area contributed by atoms with Crippen LogP contribution in [0.4, 0.5) is 5.69 Å². The maximum absolute atomic E-state index is 11.2. The lowest BCUT2D eigenvalue weighted by Crippen LogP contribution is -2.45. The summed E-state index contributed by atoms with van der Waals surface area (Å²) in [6.45, 7) is 5.75. The minimum absolute atomic E-state index is 0.183. The SMILES string of the molecule is Cc1cnc(CC2(N)CCC(C)CC2)c(C)c1[N+](=O)[O-]. The third-order valence-corrected chi connectivity index (χ3v) is 4.55. The van der Waals surface area contributed by atoms with Gasteiger partial charge in [0.1, 0.15) is 0 Å². The van der Waals surface area contributed by atoms with Crippen molar-refractivity contribution in [2.24, 2.45) is 11.7 Å². The first kappa shape index (κ1) is 14.9. The first-order valence-electron chi connectivity index (χ1n) is 7.21. The molecule has 0 aliphatic heterocycles. The van der Waals surface area contributed by atoms with E-state index in [1.165, 1.54) is 0 Å². The lowest BCUT2D eigenvalue weighted by molar-refractivity contribution is -0.386. The number of nitrogens with two attached hydrogens (primary N) is 1. The Bertz CT molecular complexity index is 520. The summed E-state index contributed by atoms with van der Waals surface area (Å²) in [6.07, 6.45) is 6.42. The van der Waals surface area contributed by atoms with Crippen LogP contribution in [0.3, 0.4) is 0 Å². The molecule has 1 aromatic rings. The zero-order valence-corrected chi connectivity index (χ0v) is 12.5. The van der Waals surface area contributed by atoms with Crippen LogP contribution in [0.5, 0.6) is 0 Å². The van der Waals surface area contributed by atoms with Gasteiger partial charge in [-0.1, -0.05) is 6.92 Å². The Morgan fingerprint density at radius 2 is 2.05 bits per heavy atom. The van der Waals surface area contributed by atoms with Crippen molar-refractivity contribution in [3.8, 4) is 0 Å². The highest BCUT2D eigenvalue weighted by atomic mass is 16.6. The van der Waals surface area contributed by atoms with Crippen LogP contribution in [0.2, 0.25) is 0 Å². The van der Waals surface area contributed by atoms with Crippen molar-refractivity contribution in [3.05, 3.63) is 33.1 Å². The number of pyridine rings is 1. The van der Waals surface area contributed by atoms with Crippen molar-refractivity contribution >= 4 is 5.69 Å². The molecule has 2 rings (SSSR count). The van der Waals surface area contributed by atoms with Gasteiger partial charge in [-0.05, 0) is 45.4 Å². The molecule has 1 saturated carbocycles. The van der Waals surface area contributed by atoms with E-state index in [0.29, 0.717) is 17.5 Å². The largest absolute Gasteiger partial charge is 0.325 e. The normalized spacial score (nSPS) is 26.5. The second kappa shape index (κ2) is 5.48. The molecular formula is C15H23N3O2. The van der Waals surface area contributed by atoms with Crippen LogP contribution in [-0.4, -0.2) is 15.4 Å². The molecule has 5 nitrogen and oxygen atoms in total. The number of hydrogen-bond donors (Lipinski definition) is 1. The molecule has 1 aliphatic carbocycles. The predicted octanol–water partition coefficient (Wildman–Crippen LogP) is 3.06. The van der Waals surface area contributed by atoms with E-state index in [2.05, 4.69) is 11.9 Å². The maximum Gasteiger partial charge on any atom is 0.278 e. The molecule has 2 N–H and O–H groups in total. The van der Waals surface area contributed by atoms with E-state index in [1.807, 2.05) is 0 Å². The van der Waals surface area contributed by atoms with Crippen molar-refractivity contribution < 1.29 is 4.92 Å². The van der Waals surface area contributed by atoms with Gasteiger partial charge in [0.2, 0.25) is 0 Å². The molecule has 0 spiro atoms. The highest BCUT2D eigenvalue weighted by Gasteiger charge is 2.32. The van der Waals surface area contributed by atoms with Gasteiger partial charge in [-0.3, -0.25) is 15.1 Å². The predicted molar refractivity (Wildman–Crippen MR) is 78.6 cm³/mol. The number of hydrogen-bond acceptors (Lipinski definition) is 4. The van der Waals surface area contributed by atoms with Gasteiger partial charge in [-0.15, -0.1) is 0 Å². The first-order chi connectivity index (χ1) is 9.32. The summed E-state index contributed by atoms with van der Waals surface area (Å²) in [5.41, 5.74) is 8.46. The molecule has 0 radical (unpaired) electrons. The number of aryl methyl sites for hydroxylation is 1. The van der Waals surface area contributed by atoms with Crippen LogP contribution in [0.1, 0.15) is 49.4 Å². The molecule has 0 amide bonds. The third-order valence-electron chi connectivity index (χ3n) is 4.55. The van der Waals surface area contributed by atoms with E-state index in [1.54, 1.807) is 20.0 Å². The van der Waals surface area contributed by atoms with Crippen LogP contribution in [-0.2, 0) is 6.42 Å². The highest BCUT2D eigenvalue weighted by molar-refractivity contribution is 5.47. The van der Waals surface area contributed by atoms with Gasteiger partial charge in [0.25, 0.3) is 5.69 Å². The molecule has 0 aromatic carbocycles. The third kappa shape index (κ3) is 2.98. The van der Waals surface area contributed by atoms with Crippen LogP contribution in [0, 0.1) is 29.9 Å². The molecule has 0 unspecified atom stereocenters. The van der Waals surface area contributed by atoms with Crippen LogP contribution in [0.15, 0.2) is 6.20 Å². The molecule has 0 atom stereocenters. The summed E-state index contributed by atoms with van der Waals surface area (Å²) < 4.78 is 0. The summed E-state index contributed by atoms with van der Waals surface area (Å²) in [7, 11) is 0. The van der Waals surface area contributed by atoms with E-state index in [0.717, 1.165) is 37.3 Å². The molecule has 1 aromatic heterocycles. The number of nitrogens with zero attached hydrogens (tertiary/aromatic N) is 2. The Morgan fingerprint density at radius 1 is 1.45 bits per heavy atom. The average Bonchev–Trinajstić information content (AvgIpc) is 2.37. The summed E-state index contributed by atoms with van der Waals surface area (Å²) >= 11 is 0. The van der Waals surface area contributed by atoms with Gasteiger partial charge in [-0.2, -0.15) is 0 Å².